The van der Waals surface area contributed by atoms with E-state index in [9.17, 15) is 14.4 Å². The van der Waals surface area contributed by atoms with Crippen molar-refractivity contribution < 1.29 is 23.9 Å². The standard InChI is InChI=1S/C33H34N6O5S4/c1-43-23-12-10-20(11-13-23)15-44-31(42)28-25(48-24-5-3-2-4-22(24)17-47-33(36)37)18-45-30-27(29(41)39(28)30)38-26(40)14-19-6-8-21(9-7-19)16-46-32(34)35/h2-13,27,30H,14-18H2,1H3,(H3,34,35)(H3,36,37)(H,38,40)/t27-,30-/m1/s1. The first kappa shape index (κ1) is 35.3. The third-order valence-electron chi connectivity index (χ3n) is 7.34. The van der Waals surface area contributed by atoms with E-state index >= 15 is 0 Å². The molecule has 3 aromatic rings. The van der Waals surface area contributed by atoms with Crippen LogP contribution in [0.4, 0.5) is 0 Å². The molecule has 0 spiro atoms. The van der Waals surface area contributed by atoms with Gasteiger partial charge in [0.05, 0.1) is 13.5 Å². The fraction of sp³-hybridized carbons (Fsp3) is 0.242. The highest BCUT2D eigenvalue weighted by molar-refractivity contribution is 8.13. The van der Waals surface area contributed by atoms with Crippen molar-refractivity contribution in [2.24, 2.45) is 11.5 Å². The number of nitrogens with two attached hydrogens (primary N) is 2. The molecule has 2 heterocycles. The van der Waals surface area contributed by atoms with E-state index < -0.39 is 17.4 Å². The van der Waals surface area contributed by atoms with Crippen molar-refractivity contribution in [2.75, 3.05) is 12.9 Å². The maximum Gasteiger partial charge on any atom is 0.356 e. The molecule has 2 aliphatic heterocycles. The van der Waals surface area contributed by atoms with E-state index in [0.29, 0.717) is 27.9 Å². The molecule has 48 heavy (non-hydrogen) atoms. The number of carbonyl (C=O) groups excluding carboxylic acids is 3. The Labute approximate surface area is 295 Å². The number of thioether (sulfide) groups is 4. The molecule has 5 rings (SSSR count). The number of amidine groups is 2. The van der Waals surface area contributed by atoms with Crippen molar-refractivity contribution in [3.05, 3.63) is 106 Å². The van der Waals surface area contributed by atoms with Crippen LogP contribution < -0.4 is 21.5 Å². The van der Waals surface area contributed by atoms with E-state index in [1.807, 2.05) is 48.5 Å². The molecular formula is C33H34N6O5S4. The Morgan fingerprint density at radius 2 is 1.58 bits per heavy atom. The van der Waals surface area contributed by atoms with Crippen molar-refractivity contribution >= 4 is 75.2 Å². The van der Waals surface area contributed by atoms with E-state index in [1.54, 1.807) is 31.4 Å². The zero-order chi connectivity index (χ0) is 34.2. The second kappa shape index (κ2) is 16.4. The Bertz CT molecular complexity index is 1730. The van der Waals surface area contributed by atoms with Crippen LogP contribution in [0.5, 0.6) is 5.75 Å². The highest BCUT2D eigenvalue weighted by Gasteiger charge is 2.54. The van der Waals surface area contributed by atoms with Gasteiger partial charge in [-0.2, -0.15) is 0 Å². The summed E-state index contributed by atoms with van der Waals surface area (Å²) in [7, 11) is 1.57. The van der Waals surface area contributed by atoms with Crippen LogP contribution in [0.25, 0.3) is 0 Å². The van der Waals surface area contributed by atoms with E-state index in [4.69, 9.17) is 31.8 Å². The molecule has 0 radical (unpaired) electrons. The largest absolute Gasteiger partial charge is 0.497 e. The fourth-order valence-electron chi connectivity index (χ4n) is 4.93. The predicted octanol–water partition coefficient (Wildman–Crippen LogP) is 4.64. The summed E-state index contributed by atoms with van der Waals surface area (Å²) in [5.74, 6) is 0.836. The summed E-state index contributed by atoms with van der Waals surface area (Å²) in [6, 6.07) is 21.5. The number of nitrogens with one attached hydrogen (secondary N) is 3. The van der Waals surface area contributed by atoms with Gasteiger partial charge in [0, 0.05) is 27.1 Å². The van der Waals surface area contributed by atoms with E-state index in [2.05, 4.69) is 5.32 Å². The molecule has 2 atom stereocenters. The van der Waals surface area contributed by atoms with Gasteiger partial charge in [-0.3, -0.25) is 25.3 Å². The lowest BCUT2D eigenvalue weighted by Gasteiger charge is -2.49. The van der Waals surface area contributed by atoms with Gasteiger partial charge in [0.25, 0.3) is 5.91 Å². The van der Waals surface area contributed by atoms with E-state index in [-0.39, 0.29) is 40.9 Å². The van der Waals surface area contributed by atoms with Crippen molar-refractivity contribution in [3.63, 3.8) is 0 Å². The predicted molar refractivity (Wildman–Crippen MR) is 194 cm³/mol. The second-order valence-corrected chi connectivity index (χ2v) is 14.9. The zero-order valence-corrected chi connectivity index (χ0v) is 29.2. The number of ether oxygens (including phenoxy) is 2. The smallest absolute Gasteiger partial charge is 0.356 e. The van der Waals surface area contributed by atoms with Crippen LogP contribution in [0.3, 0.4) is 0 Å². The van der Waals surface area contributed by atoms with Crippen LogP contribution in [0.2, 0.25) is 0 Å². The number of nitrogens with zero attached hydrogens (tertiary/aromatic N) is 1. The van der Waals surface area contributed by atoms with Gasteiger partial charge in [-0.25, -0.2) is 4.79 Å². The fourth-order valence-corrected chi connectivity index (χ4v) is 8.70. The number of methoxy groups -OCH3 is 1. The molecule has 0 saturated carbocycles. The van der Waals surface area contributed by atoms with Crippen molar-refractivity contribution in [2.45, 2.75) is 40.8 Å². The molecular weight excluding hydrogens is 689 g/mol. The second-order valence-electron chi connectivity index (χ2n) is 10.7. The number of rotatable bonds is 13. The third-order valence-corrected chi connectivity index (χ3v) is 11.6. The zero-order valence-electron chi connectivity index (χ0n) is 25.9. The molecule has 0 bridgehead atoms. The number of fused-ring (bicyclic) bond motifs is 1. The summed E-state index contributed by atoms with van der Waals surface area (Å²) in [4.78, 5) is 43.4. The average molecular weight is 723 g/mol. The molecule has 0 aliphatic carbocycles. The van der Waals surface area contributed by atoms with Gasteiger partial charge >= 0.3 is 5.97 Å². The molecule has 3 aromatic carbocycles. The lowest BCUT2D eigenvalue weighted by Crippen LogP contribution is -2.70. The molecule has 15 heteroatoms. The van der Waals surface area contributed by atoms with Gasteiger partial charge in [0.2, 0.25) is 5.91 Å². The molecule has 2 amide bonds. The van der Waals surface area contributed by atoms with Crippen LogP contribution in [-0.4, -0.2) is 57.3 Å². The van der Waals surface area contributed by atoms with E-state index in [0.717, 1.165) is 27.1 Å². The Morgan fingerprint density at radius 3 is 2.27 bits per heavy atom. The van der Waals surface area contributed by atoms with Crippen molar-refractivity contribution in [1.82, 2.24) is 10.2 Å². The van der Waals surface area contributed by atoms with Gasteiger partial charge in [-0.15, -0.1) is 11.8 Å². The normalized spacial score (nSPS) is 16.9. The number of carbonyl (C=O) groups is 3. The maximum atomic E-state index is 13.7. The summed E-state index contributed by atoms with van der Waals surface area (Å²) in [5.41, 5.74) is 14.6. The molecule has 0 unspecified atom stereocenters. The Balaban J connectivity index is 1.32. The van der Waals surface area contributed by atoms with Crippen molar-refractivity contribution in [3.8, 4) is 5.75 Å². The molecule has 1 fully saturated rings. The summed E-state index contributed by atoms with van der Waals surface area (Å²) in [5, 5.41) is 17.4. The van der Waals surface area contributed by atoms with Gasteiger partial charge < -0.3 is 26.3 Å². The molecule has 11 nitrogen and oxygen atoms in total. The number of β-lactam (4-membered cyclic amide) rings is 1. The quantitative estimate of drug-likeness (QED) is 0.0717. The lowest BCUT2D eigenvalue weighted by molar-refractivity contribution is -0.153. The highest BCUT2D eigenvalue weighted by atomic mass is 32.2. The monoisotopic (exact) mass is 722 g/mol. The van der Waals surface area contributed by atoms with E-state index in [1.165, 1.54) is 51.9 Å². The first-order chi connectivity index (χ1) is 23.1. The minimum absolute atomic E-state index is 0.00233. The lowest BCUT2D eigenvalue weighted by atomic mass is 10.0. The SMILES string of the molecule is COc1ccc(COC(=O)C2=C(Sc3ccccc3CSC(=N)N)CS[C@@H]3[C@H](NC(=O)Cc4ccc(CSC(=N)N)cc4)C(=O)N23)cc1. The average Bonchev–Trinajstić information content (AvgIpc) is 3.08. The highest BCUT2D eigenvalue weighted by Crippen LogP contribution is 2.46. The number of hydrogen-bond donors (Lipinski definition) is 5. The third kappa shape index (κ3) is 8.89. The maximum absolute atomic E-state index is 13.7. The van der Waals surface area contributed by atoms with Gasteiger partial charge in [0.15, 0.2) is 10.3 Å². The summed E-state index contributed by atoms with van der Waals surface area (Å²) in [6.07, 6.45) is 0.0874. The molecule has 7 N–H and O–H groups in total. The van der Waals surface area contributed by atoms with Crippen LogP contribution in [0.15, 0.2) is 88.3 Å². The van der Waals surface area contributed by atoms with Gasteiger partial charge in [-0.1, -0.05) is 89.9 Å². The Hall–Kier alpha value is -4.05. The summed E-state index contributed by atoms with van der Waals surface area (Å²) < 4.78 is 11.0. The van der Waals surface area contributed by atoms with Crippen molar-refractivity contribution in [1.29, 1.82) is 10.8 Å². The molecule has 0 aromatic heterocycles. The van der Waals surface area contributed by atoms with Crippen LogP contribution in [0.1, 0.15) is 22.3 Å². The van der Waals surface area contributed by atoms with Gasteiger partial charge in [-0.05, 0) is 40.5 Å². The topological polar surface area (TPSA) is 185 Å². The molecule has 2 aliphatic rings. The summed E-state index contributed by atoms with van der Waals surface area (Å²) >= 11 is 5.29. The van der Waals surface area contributed by atoms with Crippen LogP contribution in [0, 0.1) is 10.8 Å². The first-order valence-electron chi connectivity index (χ1n) is 14.7. The molecule has 250 valence electrons. The minimum atomic E-state index is -0.788. The Kier molecular flexibility index (Phi) is 12.0. The first-order valence-corrected chi connectivity index (χ1v) is 18.5. The number of esters is 1. The number of benzene rings is 3. The Morgan fingerprint density at radius 1 is 0.938 bits per heavy atom. The summed E-state index contributed by atoms with van der Waals surface area (Å²) in [6.45, 7) is 0.00233. The van der Waals surface area contributed by atoms with Crippen LogP contribution >= 0.6 is 47.0 Å². The number of amides is 2. The van der Waals surface area contributed by atoms with Gasteiger partial charge in [0.1, 0.15) is 29.5 Å². The number of hydrogen-bond acceptors (Lipinski definition) is 11. The minimum Gasteiger partial charge on any atom is -0.497 e. The molecule has 1 saturated heterocycles. The van der Waals surface area contributed by atoms with Crippen LogP contribution in [-0.2, 0) is 43.7 Å².